The second-order valence-electron chi connectivity index (χ2n) is 3.75. The number of hydrogen-bond acceptors (Lipinski definition) is 3. The quantitative estimate of drug-likeness (QED) is 0.699. The average molecular weight is 225 g/mol. The summed E-state index contributed by atoms with van der Waals surface area (Å²) in [6.45, 7) is 3.92. The fourth-order valence-corrected chi connectivity index (χ4v) is 1.52. The highest BCUT2D eigenvalue weighted by atomic mass is 16.4. The summed E-state index contributed by atoms with van der Waals surface area (Å²) in [4.78, 5) is 25.1. The van der Waals surface area contributed by atoms with E-state index in [0.717, 1.165) is 0 Å². The topological polar surface area (TPSA) is 84.2 Å². The highest BCUT2D eigenvalue weighted by Crippen LogP contribution is 2.19. The molecular weight excluding hydrogens is 210 g/mol. The number of imidazole rings is 1. The number of carbonyl (C=O) groups is 2. The van der Waals surface area contributed by atoms with Crippen LogP contribution < -0.4 is 5.32 Å². The van der Waals surface area contributed by atoms with E-state index in [2.05, 4.69) is 10.3 Å². The molecule has 1 aromatic heterocycles. The SMILES string of the molecule is CC(C)n1cncc1[C@H](CC(=O)O)NC=O. The van der Waals surface area contributed by atoms with Crippen LogP contribution in [0.1, 0.15) is 38.0 Å². The van der Waals surface area contributed by atoms with E-state index >= 15 is 0 Å². The summed E-state index contributed by atoms with van der Waals surface area (Å²) in [7, 11) is 0. The molecule has 6 heteroatoms. The van der Waals surface area contributed by atoms with Gasteiger partial charge in [-0.25, -0.2) is 4.98 Å². The summed E-state index contributed by atoms with van der Waals surface area (Å²) in [6, 6.07) is -0.373. The summed E-state index contributed by atoms with van der Waals surface area (Å²) in [5.74, 6) is -0.962. The zero-order valence-electron chi connectivity index (χ0n) is 9.25. The van der Waals surface area contributed by atoms with Crippen molar-refractivity contribution in [3.8, 4) is 0 Å². The number of nitrogens with zero attached hydrogens (tertiary/aromatic N) is 2. The number of hydrogen-bond donors (Lipinski definition) is 2. The third kappa shape index (κ3) is 2.82. The molecule has 0 saturated carbocycles. The second-order valence-corrected chi connectivity index (χ2v) is 3.75. The highest BCUT2D eigenvalue weighted by molar-refractivity contribution is 5.68. The lowest BCUT2D eigenvalue weighted by atomic mass is 10.1. The summed E-state index contributed by atoms with van der Waals surface area (Å²) >= 11 is 0. The number of carboxylic acid groups (broad SMARTS) is 1. The molecule has 16 heavy (non-hydrogen) atoms. The smallest absolute Gasteiger partial charge is 0.305 e. The number of rotatable bonds is 6. The number of aliphatic carboxylic acids is 1. The fraction of sp³-hybridized carbons (Fsp3) is 0.500. The zero-order chi connectivity index (χ0) is 12.1. The minimum absolute atomic E-state index is 0.156. The molecule has 1 amide bonds. The van der Waals surface area contributed by atoms with Crippen LogP contribution in [0.25, 0.3) is 0 Å². The third-order valence-corrected chi connectivity index (χ3v) is 2.26. The maximum absolute atomic E-state index is 10.7. The maximum atomic E-state index is 10.7. The van der Waals surface area contributed by atoms with Crippen molar-refractivity contribution in [2.75, 3.05) is 0 Å². The van der Waals surface area contributed by atoms with Gasteiger partial charge < -0.3 is 15.0 Å². The largest absolute Gasteiger partial charge is 0.481 e. The number of carbonyl (C=O) groups excluding carboxylic acids is 1. The van der Waals surface area contributed by atoms with Crippen molar-refractivity contribution in [2.24, 2.45) is 0 Å². The standard InChI is InChI=1S/C10H15N3O3/c1-7(2)13-5-11-4-9(13)8(12-6-14)3-10(15)16/h4-8H,3H2,1-2H3,(H,12,14)(H,15,16)/t8-/m0/s1. The number of aromatic nitrogens is 2. The Morgan fingerprint density at radius 2 is 2.38 bits per heavy atom. The van der Waals surface area contributed by atoms with Gasteiger partial charge in [0.05, 0.1) is 30.7 Å². The van der Waals surface area contributed by atoms with Crippen molar-refractivity contribution in [1.82, 2.24) is 14.9 Å². The third-order valence-electron chi connectivity index (χ3n) is 2.26. The van der Waals surface area contributed by atoms with Crippen LogP contribution in [0.5, 0.6) is 0 Å². The van der Waals surface area contributed by atoms with E-state index in [4.69, 9.17) is 5.11 Å². The van der Waals surface area contributed by atoms with Crippen LogP contribution in [-0.2, 0) is 9.59 Å². The Labute approximate surface area is 93.3 Å². The molecule has 1 aromatic rings. The van der Waals surface area contributed by atoms with Gasteiger partial charge in [0.15, 0.2) is 0 Å². The predicted molar refractivity (Wildman–Crippen MR) is 56.8 cm³/mol. The van der Waals surface area contributed by atoms with Gasteiger partial charge in [-0.1, -0.05) is 0 Å². The molecule has 0 spiro atoms. The molecule has 1 heterocycles. The Bertz CT molecular complexity index is 373. The molecule has 0 aromatic carbocycles. The molecule has 1 atom stereocenters. The van der Waals surface area contributed by atoms with Gasteiger partial charge in [0.2, 0.25) is 6.41 Å². The van der Waals surface area contributed by atoms with Crippen molar-refractivity contribution >= 4 is 12.4 Å². The fourth-order valence-electron chi connectivity index (χ4n) is 1.52. The number of amides is 1. The molecular formula is C10H15N3O3. The summed E-state index contributed by atoms with van der Waals surface area (Å²) in [5, 5.41) is 11.2. The first-order valence-electron chi connectivity index (χ1n) is 4.99. The minimum Gasteiger partial charge on any atom is -0.481 e. The van der Waals surface area contributed by atoms with E-state index in [1.807, 2.05) is 18.4 Å². The molecule has 6 nitrogen and oxygen atoms in total. The molecule has 88 valence electrons. The van der Waals surface area contributed by atoms with Crippen molar-refractivity contribution in [1.29, 1.82) is 0 Å². The van der Waals surface area contributed by atoms with E-state index in [0.29, 0.717) is 12.1 Å². The minimum atomic E-state index is -0.962. The normalized spacial score (nSPS) is 12.4. The maximum Gasteiger partial charge on any atom is 0.305 e. The Morgan fingerprint density at radius 1 is 1.69 bits per heavy atom. The van der Waals surface area contributed by atoms with Crippen molar-refractivity contribution in [3.05, 3.63) is 18.2 Å². The first-order valence-corrected chi connectivity index (χ1v) is 4.99. The van der Waals surface area contributed by atoms with Gasteiger partial charge in [-0.2, -0.15) is 0 Å². The lowest BCUT2D eigenvalue weighted by molar-refractivity contribution is -0.137. The first-order chi connectivity index (χ1) is 7.56. The summed E-state index contributed by atoms with van der Waals surface area (Å²) in [5.41, 5.74) is 0.699. The van der Waals surface area contributed by atoms with Crippen LogP contribution in [-0.4, -0.2) is 27.0 Å². The molecule has 1 rings (SSSR count). The van der Waals surface area contributed by atoms with E-state index in [9.17, 15) is 9.59 Å². The van der Waals surface area contributed by atoms with E-state index in [1.165, 1.54) is 0 Å². The summed E-state index contributed by atoms with van der Waals surface area (Å²) < 4.78 is 1.84. The molecule has 0 fully saturated rings. The van der Waals surface area contributed by atoms with Crippen LogP contribution in [0.3, 0.4) is 0 Å². The average Bonchev–Trinajstić information content (AvgIpc) is 2.64. The number of nitrogens with one attached hydrogen (secondary N) is 1. The molecule has 0 saturated heterocycles. The Kier molecular flexibility index (Phi) is 4.04. The molecule has 0 bridgehead atoms. The van der Waals surface area contributed by atoms with E-state index in [1.54, 1.807) is 12.5 Å². The molecule has 0 unspecified atom stereocenters. The van der Waals surface area contributed by atoms with Crippen LogP contribution >= 0.6 is 0 Å². The molecule has 0 aliphatic heterocycles. The number of carboxylic acids is 1. The van der Waals surface area contributed by atoms with Gasteiger partial charge in [0.1, 0.15) is 0 Å². The lowest BCUT2D eigenvalue weighted by Gasteiger charge is -2.18. The van der Waals surface area contributed by atoms with Crippen LogP contribution in [0.4, 0.5) is 0 Å². The lowest BCUT2D eigenvalue weighted by Crippen LogP contribution is -2.25. The van der Waals surface area contributed by atoms with Gasteiger partial charge in [-0.05, 0) is 13.8 Å². The molecule has 0 aliphatic rings. The first kappa shape index (κ1) is 12.2. The van der Waals surface area contributed by atoms with E-state index < -0.39 is 12.0 Å². The van der Waals surface area contributed by atoms with Crippen molar-refractivity contribution in [3.63, 3.8) is 0 Å². The Balaban J connectivity index is 2.95. The van der Waals surface area contributed by atoms with Crippen LogP contribution in [0, 0.1) is 0 Å². The van der Waals surface area contributed by atoms with Crippen molar-refractivity contribution < 1.29 is 14.7 Å². The van der Waals surface area contributed by atoms with E-state index in [-0.39, 0.29) is 12.5 Å². The van der Waals surface area contributed by atoms with Gasteiger partial charge >= 0.3 is 5.97 Å². The van der Waals surface area contributed by atoms with Gasteiger partial charge in [-0.15, -0.1) is 0 Å². The zero-order valence-corrected chi connectivity index (χ0v) is 9.25. The monoisotopic (exact) mass is 225 g/mol. The Morgan fingerprint density at radius 3 is 2.88 bits per heavy atom. The van der Waals surface area contributed by atoms with Crippen molar-refractivity contribution in [2.45, 2.75) is 32.4 Å². The Hall–Kier alpha value is -1.85. The van der Waals surface area contributed by atoms with Gasteiger partial charge in [-0.3, -0.25) is 9.59 Å². The van der Waals surface area contributed by atoms with Crippen LogP contribution in [0.15, 0.2) is 12.5 Å². The molecule has 2 N–H and O–H groups in total. The van der Waals surface area contributed by atoms with Crippen LogP contribution in [0.2, 0.25) is 0 Å². The highest BCUT2D eigenvalue weighted by Gasteiger charge is 2.19. The predicted octanol–water partition coefficient (Wildman–Crippen LogP) is 0.726. The van der Waals surface area contributed by atoms with Gasteiger partial charge in [0, 0.05) is 6.04 Å². The molecule has 0 radical (unpaired) electrons. The molecule has 0 aliphatic carbocycles. The van der Waals surface area contributed by atoms with Gasteiger partial charge in [0.25, 0.3) is 0 Å². The second kappa shape index (κ2) is 5.29. The summed E-state index contributed by atoms with van der Waals surface area (Å²) in [6.07, 6.45) is 3.55.